The molecule has 2 fully saturated rings. The predicted octanol–water partition coefficient (Wildman–Crippen LogP) is 5.35. The summed E-state index contributed by atoms with van der Waals surface area (Å²) in [5, 5.41) is 7.52. The van der Waals surface area contributed by atoms with Crippen molar-refractivity contribution in [3.05, 3.63) is 48.5 Å². The van der Waals surface area contributed by atoms with Gasteiger partial charge in [-0.2, -0.15) is 0 Å². The van der Waals surface area contributed by atoms with Gasteiger partial charge in [0.15, 0.2) is 10.9 Å². The summed E-state index contributed by atoms with van der Waals surface area (Å²) in [6.45, 7) is 2.62. The molecule has 142 valence electrons. The Hall–Kier alpha value is -2.27. The molecule has 2 aromatic rings. The molecular formula is C22H26N2O2S. The summed E-state index contributed by atoms with van der Waals surface area (Å²) in [4.78, 5) is 0. The Balaban J connectivity index is 1.39. The second-order valence-corrected chi connectivity index (χ2v) is 7.79. The number of fused-ring (bicyclic) bond motifs is 2. The molecule has 0 aliphatic heterocycles. The van der Waals surface area contributed by atoms with Gasteiger partial charge in [0.1, 0.15) is 11.5 Å². The molecule has 4 nitrogen and oxygen atoms in total. The van der Waals surface area contributed by atoms with Crippen LogP contribution in [0.25, 0.3) is 0 Å². The lowest BCUT2D eigenvalue weighted by molar-refractivity contribution is 0.339. The van der Waals surface area contributed by atoms with E-state index in [9.17, 15) is 0 Å². The largest absolute Gasteiger partial charge is 0.494 e. The molecule has 3 atom stereocenters. The van der Waals surface area contributed by atoms with E-state index in [0.717, 1.165) is 34.8 Å². The monoisotopic (exact) mass is 382 g/mol. The van der Waals surface area contributed by atoms with E-state index in [1.165, 1.54) is 25.7 Å². The summed E-state index contributed by atoms with van der Waals surface area (Å²) in [5.41, 5.74) is 0.868. The quantitative estimate of drug-likeness (QED) is 0.659. The van der Waals surface area contributed by atoms with Crippen LogP contribution in [0.15, 0.2) is 48.5 Å². The van der Waals surface area contributed by atoms with Gasteiger partial charge in [0, 0.05) is 6.04 Å². The summed E-state index contributed by atoms with van der Waals surface area (Å²) in [5.74, 6) is 4.03. The molecule has 0 radical (unpaired) electrons. The zero-order chi connectivity index (χ0) is 18.6. The first-order valence-electron chi connectivity index (χ1n) is 9.78. The number of benzene rings is 2. The average molecular weight is 383 g/mol. The predicted molar refractivity (Wildman–Crippen MR) is 113 cm³/mol. The Kier molecular flexibility index (Phi) is 5.48. The fraction of sp³-hybridized carbons (Fsp3) is 0.409. The van der Waals surface area contributed by atoms with Crippen molar-refractivity contribution in [1.82, 2.24) is 5.32 Å². The molecule has 2 aromatic carbocycles. The molecule has 2 saturated carbocycles. The van der Waals surface area contributed by atoms with Crippen LogP contribution >= 0.6 is 12.2 Å². The Bertz CT molecular complexity index is 793. The number of hydrogen-bond donors (Lipinski definition) is 2. The smallest absolute Gasteiger partial charge is 0.171 e. The van der Waals surface area contributed by atoms with Gasteiger partial charge < -0.3 is 20.1 Å². The summed E-state index contributed by atoms with van der Waals surface area (Å²) >= 11 is 5.56. The van der Waals surface area contributed by atoms with Crippen molar-refractivity contribution in [2.45, 2.75) is 38.6 Å². The van der Waals surface area contributed by atoms with Gasteiger partial charge in [-0.25, -0.2) is 0 Å². The maximum atomic E-state index is 6.06. The highest BCUT2D eigenvalue weighted by molar-refractivity contribution is 7.80. The van der Waals surface area contributed by atoms with Crippen LogP contribution in [0.5, 0.6) is 17.2 Å². The summed E-state index contributed by atoms with van der Waals surface area (Å²) in [7, 11) is 0. The fourth-order valence-electron chi connectivity index (χ4n) is 4.30. The standard InChI is InChI=1S/C22H26N2O2S/c1-2-25-17-9-11-18(12-10-17)26-21-6-4-3-5-19(21)23-22(27)24-20-14-15-7-8-16(20)13-15/h3-6,9-12,15-16,20H,2,7-8,13-14H2,1H3,(H2,23,24,27)/t15-,16+,20+/m0/s1. The number of thiocarbonyl (C=S) groups is 1. The van der Waals surface area contributed by atoms with Gasteiger partial charge in [-0.3, -0.25) is 0 Å². The average Bonchev–Trinajstić information content (AvgIpc) is 3.28. The molecule has 2 bridgehead atoms. The van der Waals surface area contributed by atoms with Crippen LogP contribution in [0.4, 0.5) is 5.69 Å². The first kappa shape index (κ1) is 18.1. The van der Waals surface area contributed by atoms with Crippen LogP contribution in [-0.4, -0.2) is 17.8 Å². The molecule has 0 unspecified atom stereocenters. The van der Waals surface area contributed by atoms with E-state index >= 15 is 0 Å². The van der Waals surface area contributed by atoms with Gasteiger partial charge in [-0.1, -0.05) is 18.6 Å². The summed E-state index contributed by atoms with van der Waals surface area (Å²) in [6.07, 6.45) is 5.33. The van der Waals surface area contributed by atoms with Crippen LogP contribution in [0.1, 0.15) is 32.6 Å². The van der Waals surface area contributed by atoms with Crippen molar-refractivity contribution >= 4 is 23.0 Å². The van der Waals surface area contributed by atoms with Crippen molar-refractivity contribution < 1.29 is 9.47 Å². The maximum absolute atomic E-state index is 6.06. The second-order valence-electron chi connectivity index (χ2n) is 7.38. The lowest BCUT2D eigenvalue weighted by Gasteiger charge is -2.25. The Labute approximate surface area is 166 Å². The maximum Gasteiger partial charge on any atom is 0.171 e. The number of nitrogens with one attached hydrogen (secondary N) is 2. The van der Waals surface area contributed by atoms with Crippen molar-refractivity contribution in [1.29, 1.82) is 0 Å². The van der Waals surface area contributed by atoms with Crippen LogP contribution in [-0.2, 0) is 0 Å². The fourth-order valence-corrected chi connectivity index (χ4v) is 4.57. The SMILES string of the molecule is CCOc1ccc(Oc2ccccc2NC(=S)N[C@@H]2C[C@H]3CC[C@@H]2C3)cc1. The van der Waals surface area contributed by atoms with Crippen molar-refractivity contribution in [2.24, 2.45) is 11.8 Å². The van der Waals surface area contributed by atoms with Gasteiger partial charge in [0.25, 0.3) is 0 Å². The van der Waals surface area contributed by atoms with E-state index in [-0.39, 0.29) is 0 Å². The molecule has 0 amide bonds. The zero-order valence-corrected chi connectivity index (χ0v) is 16.4. The van der Waals surface area contributed by atoms with Crippen LogP contribution in [0, 0.1) is 11.8 Å². The Morgan fingerprint density at radius 3 is 2.52 bits per heavy atom. The van der Waals surface area contributed by atoms with E-state index in [2.05, 4.69) is 10.6 Å². The number of hydrogen-bond acceptors (Lipinski definition) is 3. The minimum Gasteiger partial charge on any atom is -0.494 e. The molecule has 0 spiro atoms. The number of ether oxygens (including phenoxy) is 2. The van der Waals surface area contributed by atoms with E-state index in [0.29, 0.717) is 17.8 Å². The highest BCUT2D eigenvalue weighted by Crippen LogP contribution is 2.44. The van der Waals surface area contributed by atoms with Crippen molar-refractivity contribution in [3.63, 3.8) is 0 Å². The molecule has 2 aliphatic rings. The number of rotatable bonds is 6. The third-order valence-electron chi connectivity index (χ3n) is 5.55. The van der Waals surface area contributed by atoms with Crippen LogP contribution in [0.2, 0.25) is 0 Å². The highest BCUT2D eigenvalue weighted by atomic mass is 32.1. The molecule has 2 aliphatic carbocycles. The van der Waals surface area contributed by atoms with Crippen LogP contribution < -0.4 is 20.1 Å². The van der Waals surface area contributed by atoms with Crippen LogP contribution in [0.3, 0.4) is 0 Å². The van der Waals surface area contributed by atoms with Gasteiger partial charge >= 0.3 is 0 Å². The molecule has 27 heavy (non-hydrogen) atoms. The molecule has 0 heterocycles. The van der Waals surface area contributed by atoms with Gasteiger partial charge in [0.05, 0.1) is 12.3 Å². The zero-order valence-electron chi connectivity index (χ0n) is 15.6. The third kappa shape index (κ3) is 4.35. The van der Waals surface area contributed by atoms with E-state index in [1.807, 2.05) is 55.5 Å². The van der Waals surface area contributed by atoms with E-state index in [1.54, 1.807) is 0 Å². The first-order chi connectivity index (χ1) is 13.2. The normalized spacial score (nSPS) is 23.1. The molecule has 0 aromatic heterocycles. The number of para-hydroxylation sites is 2. The lowest BCUT2D eigenvalue weighted by Crippen LogP contribution is -2.40. The minimum absolute atomic E-state index is 0.517. The topological polar surface area (TPSA) is 42.5 Å². The Morgan fingerprint density at radius 1 is 1.04 bits per heavy atom. The molecule has 2 N–H and O–H groups in total. The lowest BCUT2D eigenvalue weighted by atomic mass is 9.96. The van der Waals surface area contributed by atoms with Crippen molar-refractivity contribution in [3.8, 4) is 17.2 Å². The minimum atomic E-state index is 0.517. The van der Waals surface area contributed by atoms with Gasteiger partial charge in [-0.05, 0) is 86.6 Å². The molecule has 0 saturated heterocycles. The van der Waals surface area contributed by atoms with Gasteiger partial charge in [-0.15, -0.1) is 0 Å². The second kappa shape index (κ2) is 8.17. The first-order valence-corrected chi connectivity index (χ1v) is 10.2. The molecule has 5 heteroatoms. The van der Waals surface area contributed by atoms with Gasteiger partial charge in [0.2, 0.25) is 0 Å². The highest BCUT2D eigenvalue weighted by Gasteiger charge is 2.39. The molecular weight excluding hydrogens is 356 g/mol. The summed E-state index contributed by atoms with van der Waals surface area (Å²) in [6, 6.07) is 16.0. The molecule has 4 rings (SSSR count). The van der Waals surface area contributed by atoms with E-state index in [4.69, 9.17) is 21.7 Å². The summed E-state index contributed by atoms with van der Waals surface area (Å²) < 4.78 is 11.5. The third-order valence-corrected chi connectivity index (χ3v) is 5.77. The number of anilines is 1. The Morgan fingerprint density at radius 2 is 1.81 bits per heavy atom. The van der Waals surface area contributed by atoms with Crippen molar-refractivity contribution in [2.75, 3.05) is 11.9 Å². The van der Waals surface area contributed by atoms with E-state index < -0.39 is 0 Å².